The third-order valence-corrected chi connectivity index (χ3v) is 4.28. The van der Waals surface area contributed by atoms with Crippen LogP contribution in [-0.4, -0.2) is 28.4 Å². The van der Waals surface area contributed by atoms with E-state index in [1.807, 2.05) is 12.1 Å². The highest BCUT2D eigenvalue weighted by Gasteiger charge is 2.24. The number of carboxylic acid groups (broad SMARTS) is 1. The number of nitrogens with zero attached hydrogens (tertiary/aromatic N) is 1. The van der Waals surface area contributed by atoms with Gasteiger partial charge in [0.1, 0.15) is 12.4 Å². The SMILES string of the molecule is O=C(O)CN(Cc1ccc(F)cc1)C(=O)c1cccc2c1CCC2. The number of aliphatic carboxylic acids is 1. The number of amides is 1. The number of benzene rings is 2. The first-order chi connectivity index (χ1) is 11.5. The van der Waals surface area contributed by atoms with Crippen LogP contribution in [0, 0.1) is 5.82 Å². The Labute approximate surface area is 139 Å². The van der Waals surface area contributed by atoms with Crippen LogP contribution in [0.25, 0.3) is 0 Å². The fourth-order valence-corrected chi connectivity index (χ4v) is 3.16. The van der Waals surface area contributed by atoms with E-state index in [9.17, 15) is 14.0 Å². The van der Waals surface area contributed by atoms with E-state index in [1.54, 1.807) is 18.2 Å². The molecule has 0 saturated heterocycles. The molecule has 0 radical (unpaired) electrons. The highest BCUT2D eigenvalue weighted by atomic mass is 19.1. The molecule has 0 atom stereocenters. The number of carbonyl (C=O) groups excluding carboxylic acids is 1. The third kappa shape index (κ3) is 3.45. The Bertz CT molecular complexity index is 771. The molecule has 0 aliphatic heterocycles. The number of rotatable bonds is 5. The van der Waals surface area contributed by atoms with Crippen molar-refractivity contribution in [2.45, 2.75) is 25.8 Å². The Kier molecular flexibility index (Phi) is 4.60. The number of hydrogen-bond donors (Lipinski definition) is 1. The molecule has 0 saturated carbocycles. The highest BCUT2D eigenvalue weighted by molar-refractivity contribution is 5.97. The average molecular weight is 327 g/mol. The summed E-state index contributed by atoms with van der Waals surface area (Å²) in [6.45, 7) is -0.255. The second-order valence-electron chi connectivity index (χ2n) is 5.98. The molecule has 4 nitrogen and oxygen atoms in total. The van der Waals surface area contributed by atoms with Gasteiger partial charge in [0.2, 0.25) is 0 Å². The summed E-state index contributed by atoms with van der Waals surface area (Å²) >= 11 is 0. The molecule has 0 unspecified atom stereocenters. The smallest absolute Gasteiger partial charge is 0.323 e. The molecule has 5 heteroatoms. The number of carbonyl (C=O) groups is 2. The Balaban J connectivity index is 1.88. The van der Waals surface area contributed by atoms with E-state index >= 15 is 0 Å². The maximum atomic E-state index is 13.0. The predicted molar refractivity (Wildman–Crippen MR) is 87.2 cm³/mol. The average Bonchev–Trinajstić information content (AvgIpc) is 3.04. The number of halogens is 1. The van der Waals surface area contributed by atoms with Gasteiger partial charge < -0.3 is 10.0 Å². The zero-order chi connectivity index (χ0) is 17.1. The van der Waals surface area contributed by atoms with E-state index in [4.69, 9.17) is 5.11 Å². The number of hydrogen-bond acceptors (Lipinski definition) is 2. The summed E-state index contributed by atoms with van der Waals surface area (Å²) in [6, 6.07) is 11.3. The number of carboxylic acids is 1. The summed E-state index contributed by atoms with van der Waals surface area (Å²) in [7, 11) is 0. The highest BCUT2D eigenvalue weighted by Crippen LogP contribution is 2.26. The summed E-state index contributed by atoms with van der Waals surface area (Å²) in [5, 5.41) is 9.14. The van der Waals surface area contributed by atoms with E-state index in [1.165, 1.54) is 17.0 Å². The Morgan fingerprint density at radius 2 is 1.83 bits per heavy atom. The quantitative estimate of drug-likeness (QED) is 0.918. The molecule has 0 aromatic heterocycles. The summed E-state index contributed by atoms with van der Waals surface area (Å²) in [4.78, 5) is 25.4. The van der Waals surface area contributed by atoms with Crippen molar-refractivity contribution in [3.05, 3.63) is 70.5 Å². The first-order valence-corrected chi connectivity index (χ1v) is 7.91. The number of aryl methyl sites for hydroxylation is 1. The maximum Gasteiger partial charge on any atom is 0.323 e. The molecule has 1 N–H and O–H groups in total. The van der Waals surface area contributed by atoms with Gasteiger partial charge in [0.15, 0.2) is 0 Å². The van der Waals surface area contributed by atoms with Crippen molar-refractivity contribution in [1.29, 1.82) is 0 Å². The van der Waals surface area contributed by atoms with Crippen LogP contribution in [-0.2, 0) is 24.2 Å². The van der Waals surface area contributed by atoms with Crippen molar-refractivity contribution in [2.75, 3.05) is 6.54 Å². The topological polar surface area (TPSA) is 57.6 Å². The fourth-order valence-electron chi connectivity index (χ4n) is 3.16. The monoisotopic (exact) mass is 327 g/mol. The van der Waals surface area contributed by atoms with Gasteiger partial charge in [0.05, 0.1) is 0 Å². The molecule has 0 spiro atoms. The standard InChI is InChI=1S/C19H18FNO3/c20-15-9-7-13(8-10-15)11-21(12-18(22)23)19(24)17-6-2-4-14-3-1-5-16(14)17/h2,4,6-10H,1,3,5,11-12H2,(H,22,23). The minimum Gasteiger partial charge on any atom is -0.480 e. The van der Waals surface area contributed by atoms with Crippen LogP contribution in [0.1, 0.15) is 33.5 Å². The summed E-state index contributed by atoms with van der Waals surface area (Å²) in [5.74, 6) is -1.73. The molecular weight excluding hydrogens is 309 g/mol. The van der Waals surface area contributed by atoms with Crippen molar-refractivity contribution < 1.29 is 19.1 Å². The molecule has 124 valence electrons. The predicted octanol–water partition coefficient (Wildman–Crippen LogP) is 3.04. The lowest BCUT2D eigenvalue weighted by molar-refractivity contribution is -0.137. The molecule has 0 heterocycles. The van der Waals surface area contributed by atoms with Gasteiger partial charge in [-0.25, -0.2) is 4.39 Å². The number of fused-ring (bicyclic) bond motifs is 1. The third-order valence-electron chi connectivity index (χ3n) is 4.28. The van der Waals surface area contributed by atoms with Crippen LogP contribution < -0.4 is 0 Å². The van der Waals surface area contributed by atoms with Crippen molar-refractivity contribution >= 4 is 11.9 Å². The molecule has 0 bridgehead atoms. The second-order valence-corrected chi connectivity index (χ2v) is 5.98. The van der Waals surface area contributed by atoms with E-state index in [2.05, 4.69) is 0 Å². The summed E-state index contributed by atoms with van der Waals surface area (Å²) in [6.07, 6.45) is 2.80. The lowest BCUT2D eigenvalue weighted by Gasteiger charge is -2.22. The lowest BCUT2D eigenvalue weighted by Crippen LogP contribution is -2.35. The van der Waals surface area contributed by atoms with Crippen molar-refractivity contribution in [3.63, 3.8) is 0 Å². The molecule has 3 rings (SSSR count). The second kappa shape index (κ2) is 6.83. The first kappa shape index (κ1) is 16.2. The lowest BCUT2D eigenvalue weighted by atomic mass is 10.0. The summed E-state index contributed by atoms with van der Waals surface area (Å²) in [5.41, 5.74) is 3.46. The molecule has 1 aliphatic rings. The maximum absolute atomic E-state index is 13.0. The molecular formula is C19H18FNO3. The molecule has 1 aliphatic carbocycles. The van der Waals surface area contributed by atoms with Crippen LogP contribution in [0.5, 0.6) is 0 Å². The van der Waals surface area contributed by atoms with E-state index in [0.717, 1.165) is 30.4 Å². The van der Waals surface area contributed by atoms with Crippen molar-refractivity contribution in [3.8, 4) is 0 Å². The molecule has 24 heavy (non-hydrogen) atoms. The van der Waals surface area contributed by atoms with E-state index in [0.29, 0.717) is 11.1 Å². The van der Waals surface area contributed by atoms with Gasteiger partial charge >= 0.3 is 5.97 Å². The van der Waals surface area contributed by atoms with E-state index in [-0.39, 0.29) is 24.8 Å². The molecule has 2 aromatic rings. The first-order valence-electron chi connectivity index (χ1n) is 7.91. The van der Waals surface area contributed by atoms with Crippen LogP contribution in [0.4, 0.5) is 4.39 Å². The van der Waals surface area contributed by atoms with Crippen LogP contribution in [0.15, 0.2) is 42.5 Å². The summed E-state index contributed by atoms with van der Waals surface area (Å²) < 4.78 is 13.0. The van der Waals surface area contributed by atoms with Crippen LogP contribution in [0.3, 0.4) is 0 Å². The Morgan fingerprint density at radius 1 is 1.08 bits per heavy atom. The molecule has 2 aromatic carbocycles. The van der Waals surface area contributed by atoms with Gasteiger partial charge in [-0.15, -0.1) is 0 Å². The van der Waals surface area contributed by atoms with Crippen molar-refractivity contribution in [1.82, 2.24) is 4.90 Å². The Morgan fingerprint density at radius 3 is 2.54 bits per heavy atom. The minimum atomic E-state index is -1.07. The van der Waals surface area contributed by atoms with Gasteiger partial charge in [-0.1, -0.05) is 24.3 Å². The molecule has 1 amide bonds. The minimum absolute atomic E-state index is 0.134. The van der Waals surface area contributed by atoms with Gasteiger partial charge in [0, 0.05) is 12.1 Å². The van der Waals surface area contributed by atoms with Gasteiger partial charge in [-0.3, -0.25) is 9.59 Å². The van der Waals surface area contributed by atoms with Gasteiger partial charge in [-0.05, 0) is 54.2 Å². The van der Waals surface area contributed by atoms with Crippen molar-refractivity contribution in [2.24, 2.45) is 0 Å². The Hall–Kier alpha value is -2.69. The van der Waals surface area contributed by atoms with Gasteiger partial charge in [-0.2, -0.15) is 0 Å². The van der Waals surface area contributed by atoms with E-state index < -0.39 is 5.97 Å². The zero-order valence-corrected chi connectivity index (χ0v) is 13.2. The zero-order valence-electron chi connectivity index (χ0n) is 13.2. The normalized spacial score (nSPS) is 12.7. The van der Waals surface area contributed by atoms with Crippen LogP contribution in [0.2, 0.25) is 0 Å². The van der Waals surface area contributed by atoms with Gasteiger partial charge in [0.25, 0.3) is 5.91 Å². The van der Waals surface area contributed by atoms with Crippen LogP contribution >= 0.6 is 0 Å². The largest absolute Gasteiger partial charge is 0.480 e. The fraction of sp³-hybridized carbons (Fsp3) is 0.263. The molecule has 0 fully saturated rings.